The summed E-state index contributed by atoms with van der Waals surface area (Å²) in [5, 5.41) is 21.8. The summed E-state index contributed by atoms with van der Waals surface area (Å²) < 4.78 is 0. The normalized spacial score (nSPS) is 12.0. The minimum atomic E-state index is -0.131. The summed E-state index contributed by atoms with van der Waals surface area (Å²) in [6.07, 6.45) is 0.896. The van der Waals surface area contributed by atoms with Gasteiger partial charge in [0, 0.05) is 11.6 Å². The van der Waals surface area contributed by atoms with Crippen molar-refractivity contribution in [2.45, 2.75) is 19.4 Å². The topological polar surface area (TPSA) is 58.0 Å². The van der Waals surface area contributed by atoms with Crippen molar-refractivity contribution >= 4 is 29.0 Å². The highest BCUT2D eigenvalue weighted by Crippen LogP contribution is 2.35. The fourth-order valence-electron chi connectivity index (χ4n) is 2.55. The molecule has 1 heterocycles. The van der Waals surface area contributed by atoms with Crippen LogP contribution in [0.4, 0.5) is 5.82 Å². The van der Waals surface area contributed by atoms with E-state index in [1.54, 1.807) is 12.1 Å². The van der Waals surface area contributed by atoms with E-state index < -0.39 is 0 Å². The maximum Gasteiger partial charge on any atom is 0.152 e. The van der Waals surface area contributed by atoms with Crippen LogP contribution in [0.15, 0.2) is 54.6 Å². The van der Waals surface area contributed by atoms with Gasteiger partial charge in [0.1, 0.15) is 5.82 Å². The van der Waals surface area contributed by atoms with Gasteiger partial charge in [-0.05, 0) is 43.2 Å². The number of nitrogens with one attached hydrogen (secondary N) is 1. The number of anilines is 1. The number of benzene rings is 2. The highest BCUT2D eigenvalue weighted by atomic mass is 35.5. The standard InChI is InChI=1S/C19H17Cl2N3O/c1-12(9-13-5-3-2-4-6-13)22-18-8-7-17(23-24-18)14-10-15(20)19(25)16(21)11-14/h2-8,10-12,25H,9H2,1H3,(H,22,24). The Balaban J connectivity index is 1.70. The molecule has 0 aliphatic heterocycles. The number of hydrogen-bond donors (Lipinski definition) is 2. The second-order valence-electron chi connectivity index (χ2n) is 5.83. The minimum absolute atomic E-state index is 0.131. The Bertz CT molecular complexity index is 831. The highest BCUT2D eigenvalue weighted by molar-refractivity contribution is 6.37. The molecule has 1 aromatic heterocycles. The van der Waals surface area contributed by atoms with Crippen LogP contribution in [-0.4, -0.2) is 21.3 Å². The first-order valence-corrected chi connectivity index (χ1v) is 8.61. The van der Waals surface area contributed by atoms with Crippen LogP contribution in [0.3, 0.4) is 0 Å². The number of rotatable bonds is 5. The van der Waals surface area contributed by atoms with Crippen molar-refractivity contribution in [1.29, 1.82) is 0 Å². The van der Waals surface area contributed by atoms with Gasteiger partial charge in [-0.25, -0.2) is 0 Å². The smallest absolute Gasteiger partial charge is 0.152 e. The van der Waals surface area contributed by atoms with E-state index >= 15 is 0 Å². The molecule has 25 heavy (non-hydrogen) atoms. The Kier molecular flexibility index (Phi) is 5.41. The summed E-state index contributed by atoms with van der Waals surface area (Å²) in [4.78, 5) is 0. The van der Waals surface area contributed by atoms with E-state index in [0.717, 1.165) is 6.42 Å². The van der Waals surface area contributed by atoms with Crippen molar-refractivity contribution in [2.24, 2.45) is 0 Å². The van der Waals surface area contributed by atoms with Gasteiger partial charge < -0.3 is 10.4 Å². The van der Waals surface area contributed by atoms with Crippen molar-refractivity contribution in [3.8, 4) is 17.0 Å². The molecule has 0 radical (unpaired) electrons. The molecule has 0 aliphatic carbocycles. The van der Waals surface area contributed by atoms with Gasteiger partial charge >= 0.3 is 0 Å². The molecule has 128 valence electrons. The molecule has 0 spiro atoms. The molecule has 2 N–H and O–H groups in total. The highest BCUT2D eigenvalue weighted by Gasteiger charge is 2.10. The molecule has 0 bridgehead atoms. The van der Waals surface area contributed by atoms with Crippen molar-refractivity contribution in [3.05, 3.63) is 70.2 Å². The molecule has 0 saturated heterocycles. The number of phenols is 1. The van der Waals surface area contributed by atoms with Gasteiger partial charge in [0.15, 0.2) is 5.75 Å². The monoisotopic (exact) mass is 373 g/mol. The van der Waals surface area contributed by atoms with Crippen LogP contribution in [0.1, 0.15) is 12.5 Å². The quantitative estimate of drug-likeness (QED) is 0.645. The van der Waals surface area contributed by atoms with Crippen LogP contribution in [0, 0.1) is 0 Å². The minimum Gasteiger partial charge on any atom is -0.505 e. The lowest BCUT2D eigenvalue weighted by Gasteiger charge is -2.14. The van der Waals surface area contributed by atoms with Gasteiger partial charge in [-0.15, -0.1) is 10.2 Å². The number of halogens is 2. The predicted octanol–water partition coefficient (Wildman–Crippen LogP) is 5.20. The number of aromatic nitrogens is 2. The third kappa shape index (κ3) is 4.41. The lowest BCUT2D eigenvalue weighted by atomic mass is 10.1. The van der Waals surface area contributed by atoms with E-state index in [1.165, 1.54) is 5.56 Å². The molecule has 0 fully saturated rings. The van der Waals surface area contributed by atoms with Gasteiger partial charge in [0.05, 0.1) is 15.7 Å². The van der Waals surface area contributed by atoms with Gasteiger partial charge in [0.2, 0.25) is 0 Å². The summed E-state index contributed by atoms with van der Waals surface area (Å²) >= 11 is 11.9. The van der Waals surface area contributed by atoms with Gasteiger partial charge in [0.25, 0.3) is 0 Å². The SMILES string of the molecule is CC(Cc1ccccc1)Nc1ccc(-c2cc(Cl)c(O)c(Cl)c2)nn1. The Hall–Kier alpha value is -2.30. The van der Waals surface area contributed by atoms with Crippen LogP contribution in [0.5, 0.6) is 5.75 Å². The van der Waals surface area contributed by atoms with Gasteiger partial charge in [-0.3, -0.25) is 0 Å². The van der Waals surface area contributed by atoms with Crippen LogP contribution < -0.4 is 5.32 Å². The molecule has 4 nitrogen and oxygen atoms in total. The van der Waals surface area contributed by atoms with E-state index in [9.17, 15) is 5.11 Å². The second-order valence-corrected chi connectivity index (χ2v) is 6.64. The molecule has 6 heteroatoms. The van der Waals surface area contributed by atoms with Crippen LogP contribution >= 0.6 is 23.2 Å². The number of aromatic hydroxyl groups is 1. The predicted molar refractivity (Wildman–Crippen MR) is 102 cm³/mol. The summed E-state index contributed by atoms with van der Waals surface area (Å²) in [6.45, 7) is 2.10. The number of nitrogens with zero attached hydrogens (tertiary/aromatic N) is 2. The molecule has 2 aromatic carbocycles. The van der Waals surface area contributed by atoms with E-state index in [0.29, 0.717) is 17.1 Å². The van der Waals surface area contributed by atoms with Gasteiger partial charge in [-0.2, -0.15) is 0 Å². The molecular weight excluding hydrogens is 357 g/mol. The zero-order chi connectivity index (χ0) is 17.8. The third-order valence-corrected chi connectivity index (χ3v) is 4.33. The summed E-state index contributed by atoms with van der Waals surface area (Å²) in [6, 6.07) is 17.4. The third-order valence-electron chi connectivity index (χ3n) is 3.76. The summed E-state index contributed by atoms with van der Waals surface area (Å²) in [7, 11) is 0. The average Bonchev–Trinajstić information content (AvgIpc) is 2.60. The average molecular weight is 374 g/mol. The molecule has 3 aromatic rings. The van der Waals surface area contributed by atoms with E-state index in [4.69, 9.17) is 23.2 Å². The lowest BCUT2D eigenvalue weighted by Crippen LogP contribution is -2.19. The Morgan fingerprint density at radius 3 is 2.28 bits per heavy atom. The maximum atomic E-state index is 9.63. The van der Waals surface area contributed by atoms with Crippen LogP contribution in [0.25, 0.3) is 11.3 Å². The fourth-order valence-corrected chi connectivity index (χ4v) is 3.03. The molecule has 0 saturated carbocycles. The molecule has 1 atom stereocenters. The summed E-state index contributed by atoms with van der Waals surface area (Å²) in [5.41, 5.74) is 2.59. The zero-order valence-corrected chi connectivity index (χ0v) is 15.1. The largest absolute Gasteiger partial charge is 0.505 e. The van der Waals surface area contributed by atoms with E-state index in [-0.39, 0.29) is 21.8 Å². The maximum absolute atomic E-state index is 9.63. The number of phenolic OH excluding ortho intramolecular Hbond substituents is 1. The molecular formula is C19H17Cl2N3O. The van der Waals surface area contributed by atoms with E-state index in [2.05, 4.69) is 34.6 Å². The van der Waals surface area contributed by atoms with Gasteiger partial charge in [-0.1, -0.05) is 53.5 Å². The first kappa shape index (κ1) is 17.5. The molecule has 3 rings (SSSR count). The fraction of sp³-hybridized carbons (Fsp3) is 0.158. The summed E-state index contributed by atoms with van der Waals surface area (Å²) in [5.74, 6) is 0.566. The van der Waals surface area contributed by atoms with Crippen molar-refractivity contribution in [1.82, 2.24) is 10.2 Å². The lowest BCUT2D eigenvalue weighted by molar-refractivity contribution is 0.476. The van der Waals surface area contributed by atoms with Crippen LogP contribution in [-0.2, 0) is 6.42 Å². The van der Waals surface area contributed by atoms with Crippen molar-refractivity contribution in [3.63, 3.8) is 0 Å². The molecule has 1 unspecified atom stereocenters. The Morgan fingerprint density at radius 2 is 1.68 bits per heavy atom. The number of hydrogen-bond acceptors (Lipinski definition) is 4. The Labute approximate surface area is 156 Å². The Morgan fingerprint density at radius 1 is 1.00 bits per heavy atom. The first-order chi connectivity index (χ1) is 12.0. The van der Waals surface area contributed by atoms with Crippen LogP contribution in [0.2, 0.25) is 10.0 Å². The van der Waals surface area contributed by atoms with Crippen molar-refractivity contribution in [2.75, 3.05) is 5.32 Å². The molecule has 0 aliphatic rings. The second kappa shape index (κ2) is 7.72. The first-order valence-electron chi connectivity index (χ1n) is 7.85. The molecule has 0 amide bonds. The zero-order valence-electron chi connectivity index (χ0n) is 13.6. The van der Waals surface area contributed by atoms with Crippen molar-refractivity contribution < 1.29 is 5.11 Å². The van der Waals surface area contributed by atoms with E-state index in [1.807, 2.05) is 30.3 Å².